The molecule has 0 saturated carbocycles. The quantitative estimate of drug-likeness (QED) is 0.0300. The molecule has 6 rings (SSSR count). The van der Waals surface area contributed by atoms with Crippen LogP contribution < -0.4 is 11.1 Å². The molecule has 1 atom stereocenters. The molecule has 1 unspecified atom stereocenters. The number of rotatable bonds is 15. The van der Waals surface area contributed by atoms with E-state index in [1.807, 2.05) is 157 Å². The van der Waals surface area contributed by atoms with Crippen LogP contribution in [0, 0.1) is 27.9 Å². The number of nitrogens with one attached hydrogen (secondary N) is 3. The number of aromatic nitrogens is 4. The van der Waals surface area contributed by atoms with Crippen LogP contribution in [0.15, 0.2) is 136 Å². The van der Waals surface area contributed by atoms with Crippen molar-refractivity contribution in [2.24, 2.45) is 11.8 Å². The van der Waals surface area contributed by atoms with Crippen LogP contribution >= 0.6 is 35.7 Å². The highest BCUT2D eigenvalue weighted by molar-refractivity contribution is 8.15. The number of hydrogen-bond donors (Lipinski definition) is 3. The second-order valence-corrected chi connectivity index (χ2v) is 18.6. The maximum Gasteiger partial charge on any atom is 0.255 e. The van der Waals surface area contributed by atoms with Crippen molar-refractivity contribution < 1.29 is 9.59 Å². The van der Waals surface area contributed by atoms with Gasteiger partial charge < -0.3 is 9.97 Å². The Labute approximate surface area is 392 Å². The van der Waals surface area contributed by atoms with Crippen LogP contribution in [0.4, 0.5) is 0 Å². The van der Waals surface area contributed by atoms with Crippen molar-refractivity contribution in [3.05, 3.63) is 192 Å². The van der Waals surface area contributed by atoms with Gasteiger partial charge in [-0.3, -0.25) is 24.2 Å². The van der Waals surface area contributed by atoms with Gasteiger partial charge in [-0.1, -0.05) is 175 Å². The molecule has 0 saturated heterocycles. The Morgan fingerprint density at radius 3 is 1.59 bits per heavy atom. The zero-order valence-electron chi connectivity index (χ0n) is 38.1. The molecule has 0 aliphatic carbocycles. The first kappa shape index (κ1) is 52.7. The van der Waals surface area contributed by atoms with Gasteiger partial charge in [-0.25, -0.2) is 4.98 Å². The van der Waals surface area contributed by atoms with Gasteiger partial charge in [-0.2, -0.15) is 17.0 Å². The van der Waals surface area contributed by atoms with Gasteiger partial charge >= 0.3 is 0 Å². The number of hydrogen-bond acceptors (Lipinski definition) is 9. The molecule has 64 heavy (non-hydrogen) atoms. The second-order valence-electron chi connectivity index (χ2n) is 16.0. The minimum absolute atomic E-state index is 0.00506. The van der Waals surface area contributed by atoms with E-state index in [2.05, 4.69) is 38.1 Å². The topological polar surface area (TPSA) is 152 Å². The lowest BCUT2D eigenvalue weighted by atomic mass is 9.85. The number of nitriles is 1. The zero-order valence-corrected chi connectivity index (χ0v) is 40.6. The molecule has 0 aliphatic rings. The summed E-state index contributed by atoms with van der Waals surface area (Å²) in [7, 11) is 0. The van der Waals surface area contributed by atoms with E-state index in [4.69, 9.17) is 17.5 Å². The minimum atomic E-state index is -0.458. The molecule has 2 aromatic heterocycles. The predicted octanol–water partition coefficient (Wildman–Crippen LogP) is 11.5. The summed E-state index contributed by atoms with van der Waals surface area (Å²) in [6.07, 6.45) is 4.30. The summed E-state index contributed by atoms with van der Waals surface area (Å²) in [5.41, 5.74) is 7.69. The number of nitrogens with zero attached hydrogens (tertiary/aromatic N) is 2. The number of H-pyrrole nitrogens is 3. The van der Waals surface area contributed by atoms with E-state index in [1.165, 1.54) is 12.5 Å². The first-order valence-corrected chi connectivity index (χ1v) is 24.1. The highest BCUT2D eigenvalue weighted by Gasteiger charge is 2.26. The summed E-state index contributed by atoms with van der Waals surface area (Å²) in [4.78, 5) is 61.0. The van der Waals surface area contributed by atoms with Crippen LogP contribution in [0.1, 0.15) is 105 Å². The van der Waals surface area contributed by atoms with Crippen LogP contribution in [0.3, 0.4) is 0 Å². The van der Waals surface area contributed by atoms with Crippen LogP contribution in [-0.2, 0) is 35.3 Å². The van der Waals surface area contributed by atoms with Gasteiger partial charge in [0.2, 0.25) is 0 Å². The van der Waals surface area contributed by atoms with Crippen molar-refractivity contribution in [3.8, 4) is 6.07 Å². The third kappa shape index (κ3) is 18.2. The molecule has 6 aromatic rings. The summed E-state index contributed by atoms with van der Waals surface area (Å²) < 4.78 is 0.385. The molecule has 4 aromatic carbocycles. The molecule has 2 heterocycles. The maximum atomic E-state index is 12.3. The Hall–Kier alpha value is -5.61. The normalized spacial score (nSPS) is 11.0. The average Bonchev–Trinajstić information content (AvgIpc) is 3.24. The van der Waals surface area contributed by atoms with Crippen molar-refractivity contribution in [2.75, 3.05) is 11.3 Å². The zero-order chi connectivity index (χ0) is 47.0. The first-order valence-electron chi connectivity index (χ1n) is 21.3. The van der Waals surface area contributed by atoms with Gasteiger partial charge in [0, 0.05) is 41.2 Å². The molecule has 0 fully saturated rings. The highest BCUT2D eigenvalue weighted by Crippen LogP contribution is 2.22. The van der Waals surface area contributed by atoms with Crippen molar-refractivity contribution in [3.63, 3.8) is 0 Å². The highest BCUT2D eigenvalue weighted by atomic mass is 32.2. The minimum Gasteiger partial charge on any atom is -0.335 e. The molecular weight excluding hydrogens is 855 g/mol. The molecule has 9 nitrogen and oxygen atoms in total. The van der Waals surface area contributed by atoms with E-state index in [9.17, 15) is 19.2 Å². The summed E-state index contributed by atoms with van der Waals surface area (Å²) >= 11 is 8.34. The van der Waals surface area contributed by atoms with Gasteiger partial charge in [0.25, 0.3) is 11.1 Å². The fourth-order valence-electron chi connectivity index (χ4n) is 6.96. The number of thioether (sulfide) groups is 2. The third-order valence-corrected chi connectivity index (χ3v) is 11.9. The largest absolute Gasteiger partial charge is 0.335 e. The van der Waals surface area contributed by atoms with Crippen LogP contribution in [-0.4, -0.2) is 42.8 Å². The average molecular weight is 916 g/mol. The molecule has 3 N–H and O–H groups in total. The predicted molar refractivity (Wildman–Crippen MR) is 268 cm³/mol. The Morgan fingerprint density at radius 1 is 0.672 bits per heavy atom. The Morgan fingerprint density at radius 2 is 1.14 bits per heavy atom. The number of carbonyl (C=O) groups excluding carboxylic acids is 2. The summed E-state index contributed by atoms with van der Waals surface area (Å²) in [6, 6.07) is 41.6. The molecule has 0 aliphatic heterocycles. The lowest BCUT2D eigenvalue weighted by molar-refractivity contribution is -0.132. The molecule has 0 bridgehead atoms. The van der Waals surface area contributed by atoms with Crippen molar-refractivity contribution >= 4 is 47.3 Å². The van der Waals surface area contributed by atoms with Crippen molar-refractivity contribution in [1.82, 2.24) is 19.9 Å². The number of carbonyl (C=O) groups is 2. The molecule has 12 heteroatoms. The van der Waals surface area contributed by atoms with Gasteiger partial charge in [0.1, 0.15) is 11.6 Å². The van der Waals surface area contributed by atoms with Crippen molar-refractivity contribution in [1.29, 1.82) is 5.26 Å². The van der Waals surface area contributed by atoms with Gasteiger partial charge in [-0.05, 0) is 65.4 Å². The fourth-order valence-corrected chi connectivity index (χ4v) is 8.44. The Kier molecular flexibility index (Phi) is 23.3. The summed E-state index contributed by atoms with van der Waals surface area (Å²) in [5.74, 6) is -0.0579. The number of Topliss-reactive ketones (excluding diaryl/α,β-unsaturated/α-hetero) is 2. The van der Waals surface area contributed by atoms with E-state index in [-0.39, 0.29) is 40.4 Å². The van der Waals surface area contributed by atoms with Crippen LogP contribution in [0.25, 0.3) is 0 Å². The van der Waals surface area contributed by atoms with Crippen LogP contribution in [0.5, 0.6) is 0 Å². The monoisotopic (exact) mass is 915 g/mol. The molecule has 0 amide bonds. The Balaban J connectivity index is 0.000000235. The lowest BCUT2D eigenvalue weighted by Gasteiger charge is -2.16. The van der Waals surface area contributed by atoms with E-state index < -0.39 is 5.92 Å². The summed E-state index contributed by atoms with van der Waals surface area (Å²) in [6.45, 7) is 13.4. The molecule has 0 radical (unpaired) electrons. The van der Waals surface area contributed by atoms with E-state index in [1.54, 1.807) is 23.5 Å². The lowest BCUT2D eigenvalue weighted by Crippen LogP contribution is -2.28. The van der Waals surface area contributed by atoms with Crippen molar-refractivity contribution in [2.45, 2.75) is 91.1 Å². The number of benzene rings is 4. The van der Waals surface area contributed by atoms with E-state index >= 15 is 0 Å². The van der Waals surface area contributed by atoms with E-state index in [0.29, 0.717) is 35.6 Å². The standard InChI is InChI=1S/C16H20N2OS2.C14H16N2OS.C14H18O2.C8H7N/c1-11(2)14-13(9-12-7-5-4-6-8-12)17-16(18-15(14)19)21-10-20-3;1-9(2)12-11(15-14(18)16-13(12)17)8-10-6-4-3-5-7-10;1-10(2)14(11(3)15)13(16)9-12-7-5-4-6-8-12;9-7-6-8-4-2-1-3-5-8/h4-8,11H,9-10H2,1-3H3,(H,17,18,19);3-7,9H,8H2,1-2H3,(H2,15,16,17,18);4-8,10,14H,9H2,1-3H3;1-5H,6H2. The first-order chi connectivity index (χ1) is 30.6. The smallest absolute Gasteiger partial charge is 0.255 e. The van der Waals surface area contributed by atoms with Gasteiger partial charge in [-0.15, -0.1) is 0 Å². The number of aromatic amines is 3. The SMILES string of the molecule is CC(=O)C(C(=O)Cc1ccccc1)C(C)C.CC(C)c1c(Cc2ccccc2)[nH]c(=S)[nH]c1=O.CSCSc1nc(Cc2ccccc2)c(C(C)C)c(=O)[nH]1.N#CCc1ccccc1. The maximum absolute atomic E-state index is 12.3. The molecule has 336 valence electrons. The van der Waals surface area contributed by atoms with Crippen LogP contribution in [0.2, 0.25) is 0 Å². The third-order valence-electron chi connectivity index (χ3n) is 9.78. The molecular formula is C52H61N5O4S3. The Bertz CT molecular complexity index is 2550. The van der Waals surface area contributed by atoms with E-state index in [0.717, 1.165) is 44.3 Å². The summed E-state index contributed by atoms with van der Waals surface area (Å²) in [5, 5.41) is 9.87. The fraction of sp³-hybridized carbons (Fsp3) is 0.327. The van der Waals surface area contributed by atoms with Gasteiger partial charge in [0.15, 0.2) is 9.93 Å². The second kappa shape index (κ2) is 28.2. The molecule has 0 spiro atoms. The van der Waals surface area contributed by atoms with Gasteiger partial charge in [0.05, 0.1) is 24.1 Å². The number of ketones is 2.